The van der Waals surface area contributed by atoms with E-state index in [9.17, 15) is 4.79 Å². The van der Waals surface area contributed by atoms with Crippen LogP contribution in [0.1, 0.15) is 38.7 Å². The molecule has 1 amide bonds. The minimum atomic E-state index is -0.0623. The number of amides is 1. The fourth-order valence-electron chi connectivity index (χ4n) is 4.33. The average molecular weight is 430 g/mol. The lowest BCUT2D eigenvalue weighted by Gasteiger charge is -2.38. The molecule has 1 aromatic rings. The number of hydrogen-bond donors (Lipinski definition) is 1. The maximum absolute atomic E-state index is 12.6. The second-order valence-electron chi connectivity index (χ2n) is 9.22. The Bertz CT molecular complexity index is 750. The van der Waals surface area contributed by atoms with Crippen LogP contribution in [0.5, 0.6) is 5.75 Å². The van der Waals surface area contributed by atoms with Gasteiger partial charge in [-0.2, -0.15) is 0 Å². The Morgan fingerprint density at radius 3 is 2.42 bits per heavy atom. The SMILES string of the molecule is CN=C(NCC(C)(C)c1cccc(OC)c1)N1CCN(CC(=O)N2CCCCC2)CC1. The van der Waals surface area contributed by atoms with E-state index in [1.165, 1.54) is 12.0 Å². The van der Waals surface area contributed by atoms with Crippen LogP contribution < -0.4 is 10.1 Å². The van der Waals surface area contributed by atoms with Crippen molar-refractivity contribution in [1.82, 2.24) is 20.0 Å². The molecule has 0 atom stereocenters. The van der Waals surface area contributed by atoms with E-state index in [-0.39, 0.29) is 11.3 Å². The normalized spacial score (nSPS) is 18.8. The maximum Gasteiger partial charge on any atom is 0.236 e. The molecule has 0 saturated carbocycles. The van der Waals surface area contributed by atoms with Gasteiger partial charge in [0.2, 0.25) is 5.91 Å². The lowest BCUT2D eigenvalue weighted by atomic mass is 9.84. The summed E-state index contributed by atoms with van der Waals surface area (Å²) in [5.74, 6) is 2.10. The third-order valence-corrected chi connectivity index (χ3v) is 6.49. The van der Waals surface area contributed by atoms with Gasteiger partial charge in [-0.1, -0.05) is 26.0 Å². The molecule has 3 rings (SSSR count). The first-order valence-electron chi connectivity index (χ1n) is 11.5. The average Bonchev–Trinajstić information content (AvgIpc) is 2.81. The first-order valence-corrected chi connectivity index (χ1v) is 11.5. The second kappa shape index (κ2) is 10.8. The Kier molecular flexibility index (Phi) is 8.18. The van der Waals surface area contributed by atoms with E-state index < -0.39 is 0 Å². The Balaban J connectivity index is 1.48. The molecule has 2 aliphatic rings. The lowest BCUT2D eigenvalue weighted by Crippen LogP contribution is -2.55. The summed E-state index contributed by atoms with van der Waals surface area (Å²) in [6.07, 6.45) is 3.55. The van der Waals surface area contributed by atoms with Crippen molar-refractivity contribution in [3.63, 3.8) is 0 Å². The number of aliphatic imine (C=N–C) groups is 1. The summed E-state index contributed by atoms with van der Waals surface area (Å²) < 4.78 is 5.38. The standard InChI is InChI=1S/C24H39N5O2/c1-24(2,20-9-8-10-21(17-20)31-4)19-26-23(25-3)29-15-13-27(14-16-29)18-22(30)28-11-6-5-7-12-28/h8-10,17H,5-7,11-16,18-19H2,1-4H3,(H,25,26). The van der Waals surface area contributed by atoms with Crippen LogP contribution in [0.2, 0.25) is 0 Å². The number of benzene rings is 1. The summed E-state index contributed by atoms with van der Waals surface area (Å²) in [4.78, 5) is 23.7. The molecule has 7 heteroatoms. The van der Waals surface area contributed by atoms with Gasteiger partial charge in [0.25, 0.3) is 0 Å². The van der Waals surface area contributed by atoms with Gasteiger partial charge in [0.1, 0.15) is 5.75 Å². The molecule has 0 aliphatic carbocycles. The molecule has 2 fully saturated rings. The van der Waals surface area contributed by atoms with Crippen LogP contribution in [-0.4, -0.2) is 93.1 Å². The van der Waals surface area contributed by atoms with Crippen LogP contribution in [0.15, 0.2) is 29.3 Å². The molecule has 0 aromatic heterocycles. The van der Waals surface area contributed by atoms with E-state index in [0.717, 1.165) is 70.4 Å². The zero-order valence-electron chi connectivity index (χ0n) is 19.7. The van der Waals surface area contributed by atoms with Crippen molar-refractivity contribution in [2.45, 2.75) is 38.5 Å². The molecule has 2 saturated heterocycles. The molecule has 1 aromatic carbocycles. The van der Waals surface area contributed by atoms with Gasteiger partial charge in [0.05, 0.1) is 13.7 Å². The number of guanidine groups is 1. The molecule has 0 spiro atoms. The minimum Gasteiger partial charge on any atom is -0.497 e. The van der Waals surface area contributed by atoms with Crippen molar-refractivity contribution < 1.29 is 9.53 Å². The maximum atomic E-state index is 12.6. The quantitative estimate of drug-likeness (QED) is 0.555. The molecule has 1 N–H and O–H groups in total. The lowest BCUT2D eigenvalue weighted by molar-refractivity contribution is -0.133. The molecular weight excluding hydrogens is 390 g/mol. The Labute approximate surface area is 187 Å². The van der Waals surface area contributed by atoms with Crippen molar-refractivity contribution in [2.75, 3.05) is 66.5 Å². The highest BCUT2D eigenvalue weighted by Crippen LogP contribution is 2.25. The number of hydrogen-bond acceptors (Lipinski definition) is 4. The van der Waals surface area contributed by atoms with Gasteiger partial charge in [0.15, 0.2) is 5.96 Å². The van der Waals surface area contributed by atoms with Gasteiger partial charge in [-0.3, -0.25) is 14.7 Å². The number of methoxy groups -OCH3 is 1. The van der Waals surface area contributed by atoms with E-state index in [1.54, 1.807) is 7.11 Å². The van der Waals surface area contributed by atoms with Crippen LogP contribution in [0.4, 0.5) is 0 Å². The van der Waals surface area contributed by atoms with E-state index in [1.807, 2.05) is 24.1 Å². The van der Waals surface area contributed by atoms with Gasteiger partial charge in [0, 0.05) is 58.3 Å². The highest BCUT2D eigenvalue weighted by atomic mass is 16.5. The highest BCUT2D eigenvalue weighted by Gasteiger charge is 2.26. The smallest absolute Gasteiger partial charge is 0.236 e. The summed E-state index contributed by atoms with van der Waals surface area (Å²) in [7, 11) is 3.54. The number of carbonyl (C=O) groups is 1. The highest BCUT2D eigenvalue weighted by molar-refractivity contribution is 5.80. The molecule has 2 aliphatic heterocycles. The zero-order chi connectivity index (χ0) is 22.3. The third kappa shape index (κ3) is 6.35. The number of ether oxygens (including phenoxy) is 1. The van der Waals surface area contributed by atoms with E-state index in [0.29, 0.717) is 6.54 Å². The summed E-state index contributed by atoms with van der Waals surface area (Å²) in [5.41, 5.74) is 1.17. The number of piperazine rings is 1. The monoisotopic (exact) mass is 429 g/mol. The topological polar surface area (TPSA) is 60.4 Å². The number of rotatable bonds is 6. The molecule has 2 heterocycles. The first-order chi connectivity index (χ1) is 14.9. The number of likely N-dealkylation sites (tertiary alicyclic amines) is 1. The van der Waals surface area contributed by atoms with Crippen molar-refractivity contribution in [1.29, 1.82) is 0 Å². The van der Waals surface area contributed by atoms with Crippen LogP contribution in [0.25, 0.3) is 0 Å². The third-order valence-electron chi connectivity index (χ3n) is 6.49. The molecule has 0 radical (unpaired) electrons. The van der Waals surface area contributed by atoms with Gasteiger partial charge in [-0.25, -0.2) is 0 Å². The summed E-state index contributed by atoms with van der Waals surface area (Å²) in [6.45, 7) is 11.2. The zero-order valence-corrected chi connectivity index (χ0v) is 19.7. The van der Waals surface area contributed by atoms with Crippen molar-refractivity contribution in [3.05, 3.63) is 29.8 Å². The van der Waals surface area contributed by atoms with Crippen LogP contribution in [0, 0.1) is 0 Å². The van der Waals surface area contributed by atoms with Gasteiger partial charge in [-0.05, 0) is 37.0 Å². The molecule has 0 unspecified atom stereocenters. The van der Waals surface area contributed by atoms with Crippen molar-refractivity contribution in [3.8, 4) is 5.75 Å². The van der Waals surface area contributed by atoms with Crippen molar-refractivity contribution in [2.24, 2.45) is 4.99 Å². The summed E-state index contributed by atoms with van der Waals surface area (Å²) in [5, 5.41) is 3.56. The number of nitrogens with one attached hydrogen (secondary N) is 1. The van der Waals surface area contributed by atoms with E-state index in [4.69, 9.17) is 4.74 Å². The number of carbonyl (C=O) groups excluding carboxylic acids is 1. The fourth-order valence-corrected chi connectivity index (χ4v) is 4.33. The van der Waals surface area contributed by atoms with Gasteiger partial charge in [-0.15, -0.1) is 0 Å². The van der Waals surface area contributed by atoms with Crippen molar-refractivity contribution >= 4 is 11.9 Å². The van der Waals surface area contributed by atoms with Crippen LogP contribution in [0.3, 0.4) is 0 Å². The Morgan fingerprint density at radius 1 is 1.06 bits per heavy atom. The Morgan fingerprint density at radius 2 is 1.77 bits per heavy atom. The summed E-state index contributed by atoms with van der Waals surface area (Å²) in [6, 6.07) is 8.25. The Hall–Kier alpha value is -2.28. The molecular formula is C24H39N5O2. The molecule has 172 valence electrons. The largest absolute Gasteiger partial charge is 0.497 e. The first kappa shape index (κ1) is 23.4. The fraction of sp³-hybridized carbons (Fsp3) is 0.667. The number of piperidine rings is 1. The number of nitrogens with zero attached hydrogens (tertiary/aromatic N) is 4. The van der Waals surface area contributed by atoms with E-state index >= 15 is 0 Å². The van der Waals surface area contributed by atoms with Gasteiger partial charge < -0.3 is 19.9 Å². The van der Waals surface area contributed by atoms with E-state index in [2.05, 4.69) is 46.1 Å². The predicted octanol–water partition coefficient (Wildman–Crippen LogP) is 2.18. The molecule has 0 bridgehead atoms. The van der Waals surface area contributed by atoms with Gasteiger partial charge >= 0.3 is 0 Å². The van der Waals surface area contributed by atoms with Crippen LogP contribution in [-0.2, 0) is 10.2 Å². The minimum absolute atomic E-state index is 0.0623. The van der Waals surface area contributed by atoms with Crippen LogP contribution >= 0.6 is 0 Å². The predicted molar refractivity (Wildman–Crippen MR) is 126 cm³/mol. The molecule has 31 heavy (non-hydrogen) atoms. The summed E-state index contributed by atoms with van der Waals surface area (Å²) >= 11 is 0. The molecule has 7 nitrogen and oxygen atoms in total. The second-order valence-corrected chi connectivity index (χ2v) is 9.22.